The molecule has 102 valence electrons. The van der Waals surface area contributed by atoms with Gasteiger partial charge in [-0.25, -0.2) is 4.79 Å². The molecule has 0 fully saturated rings. The highest BCUT2D eigenvalue weighted by Gasteiger charge is 2.07. The van der Waals surface area contributed by atoms with Gasteiger partial charge in [-0.1, -0.05) is 19.1 Å². The molecule has 19 heavy (non-hydrogen) atoms. The molecule has 0 spiro atoms. The van der Waals surface area contributed by atoms with Crippen molar-refractivity contribution in [3.8, 4) is 0 Å². The molecule has 0 aliphatic rings. The van der Waals surface area contributed by atoms with Crippen LogP contribution in [-0.4, -0.2) is 24.2 Å². The summed E-state index contributed by atoms with van der Waals surface area (Å²) < 4.78 is 0. The van der Waals surface area contributed by atoms with Crippen LogP contribution in [-0.2, 0) is 4.79 Å². The Morgan fingerprint density at radius 1 is 1.47 bits per heavy atom. The summed E-state index contributed by atoms with van der Waals surface area (Å²) in [7, 11) is 0. The van der Waals surface area contributed by atoms with Gasteiger partial charge >= 0.3 is 5.97 Å². The lowest BCUT2D eigenvalue weighted by Gasteiger charge is -2.24. The van der Waals surface area contributed by atoms with Gasteiger partial charge in [0.2, 0.25) is 0 Å². The molecule has 0 unspecified atom stereocenters. The van der Waals surface area contributed by atoms with E-state index >= 15 is 0 Å². The fourth-order valence-electron chi connectivity index (χ4n) is 2.04. The molecule has 1 rings (SSSR count). The molecule has 0 saturated carbocycles. The predicted molar refractivity (Wildman–Crippen MR) is 80.5 cm³/mol. The number of hydrogen-bond acceptors (Lipinski definition) is 2. The zero-order chi connectivity index (χ0) is 14.3. The first-order valence-electron chi connectivity index (χ1n) is 6.46. The van der Waals surface area contributed by atoms with Crippen LogP contribution in [0.15, 0.2) is 36.9 Å². The van der Waals surface area contributed by atoms with Gasteiger partial charge in [0.15, 0.2) is 0 Å². The van der Waals surface area contributed by atoms with Crippen LogP contribution in [0.1, 0.15) is 24.5 Å². The maximum atomic E-state index is 10.5. The number of benzene rings is 1. The number of carboxylic acid groups (broad SMARTS) is 1. The maximum absolute atomic E-state index is 10.5. The third-order valence-corrected chi connectivity index (χ3v) is 2.82. The number of carbonyl (C=O) groups is 1. The van der Waals surface area contributed by atoms with Crippen LogP contribution in [0.2, 0.25) is 0 Å². The van der Waals surface area contributed by atoms with E-state index in [0.717, 1.165) is 36.7 Å². The summed E-state index contributed by atoms with van der Waals surface area (Å²) in [4.78, 5) is 12.8. The highest BCUT2D eigenvalue weighted by molar-refractivity contribution is 5.85. The number of nitrogens with zero attached hydrogens (tertiary/aromatic N) is 1. The van der Waals surface area contributed by atoms with Gasteiger partial charge < -0.3 is 10.0 Å². The number of aliphatic carboxylic acids is 1. The van der Waals surface area contributed by atoms with Crippen molar-refractivity contribution in [1.29, 1.82) is 0 Å². The van der Waals surface area contributed by atoms with Gasteiger partial charge in [-0.05, 0) is 42.7 Å². The van der Waals surface area contributed by atoms with Crippen molar-refractivity contribution in [2.24, 2.45) is 0 Å². The Labute approximate surface area is 114 Å². The minimum absolute atomic E-state index is 0.818. The smallest absolute Gasteiger partial charge is 0.328 e. The number of aryl methyl sites for hydroxylation is 1. The molecule has 0 aliphatic heterocycles. The van der Waals surface area contributed by atoms with Gasteiger partial charge in [0, 0.05) is 24.9 Å². The van der Waals surface area contributed by atoms with Crippen molar-refractivity contribution >= 4 is 17.7 Å². The summed E-state index contributed by atoms with van der Waals surface area (Å²) in [6, 6.07) is 5.98. The van der Waals surface area contributed by atoms with Crippen molar-refractivity contribution in [2.75, 3.05) is 18.0 Å². The Balaban J connectivity index is 2.97. The van der Waals surface area contributed by atoms with E-state index in [4.69, 9.17) is 5.11 Å². The van der Waals surface area contributed by atoms with Gasteiger partial charge in [0.05, 0.1) is 0 Å². The minimum Gasteiger partial charge on any atom is -0.478 e. The van der Waals surface area contributed by atoms with Crippen LogP contribution < -0.4 is 4.90 Å². The van der Waals surface area contributed by atoms with Crippen LogP contribution in [0.4, 0.5) is 5.69 Å². The summed E-state index contributed by atoms with van der Waals surface area (Å²) in [6.07, 6.45) is 5.74. The van der Waals surface area contributed by atoms with Gasteiger partial charge in [0.1, 0.15) is 0 Å². The Kier molecular flexibility index (Phi) is 5.86. The van der Waals surface area contributed by atoms with Crippen LogP contribution in [0.25, 0.3) is 6.08 Å². The summed E-state index contributed by atoms with van der Waals surface area (Å²) in [5.74, 6) is -0.930. The Morgan fingerprint density at radius 3 is 2.74 bits per heavy atom. The van der Waals surface area contributed by atoms with E-state index in [9.17, 15) is 4.79 Å². The topological polar surface area (TPSA) is 40.5 Å². The monoisotopic (exact) mass is 259 g/mol. The van der Waals surface area contributed by atoms with Crippen LogP contribution in [0, 0.1) is 6.92 Å². The molecule has 0 amide bonds. The second-order valence-corrected chi connectivity index (χ2v) is 4.45. The molecule has 1 aromatic carbocycles. The van der Waals surface area contributed by atoms with Crippen molar-refractivity contribution in [3.05, 3.63) is 48.1 Å². The summed E-state index contributed by atoms with van der Waals surface area (Å²) in [5, 5.41) is 8.62. The molecular weight excluding hydrogens is 238 g/mol. The summed E-state index contributed by atoms with van der Waals surface area (Å²) in [6.45, 7) is 9.78. The SMILES string of the molecule is C=CCN(CCC)c1ccc(/C=C/C(=O)O)cc1C. The quantitative estimate of drug-likeness (QED) is 0.602. The lowest BCUT2D eigenvalue weighted by atomic mass is 10.1. The zero-order valence-corrected chi connectivity index (χ0v) is 11.6. The lowest BCUT2D eigenvalue weighted by Crippen LogP contribution is -2.24. The van der Waals surface area contributed by atoms with Crippen LogP contribution >= 0.6 is 0 Å². The molecule has 0 saturated heterocycles. The Hall–Kier alpha value is -2.03. The van der Waals surface area contributed by atoms with Crippen molar-refractivity contribution in [2.45, 2.75) is 20.3 Å². The molecule has 0 heterocycles. The first-order valence-corrected chi connectivity index (χ1v) is 6.46. The molecule has 1 aromatic rings. The number of rotatable bonds is 7. The Bertz CT molecular complexity index is 478. The standard InChI is InChI=1S/C16H21NO2/c1-4-10-17(11-5-2)15-8-6-14(12-13(15)3)7-9-16(18)19/h4,6-9,12H,1,5,10-11H2,2-3H3,(H,18,19)/b9-7+. The van der Waals surface area contributed by atoms with E-state index in [0.29, 0.717) is 0 Å². The number of carboxylic acids is 1. The van der Waals surface area contributed by atoms with Gasteiger partial charge in [-0.3, -0.25) is 0 Å². The first-order chi connectivity index (χ1) is 9.08. The molecule has 0 aliphatic carbocycles. The molecule has 3 heteroatoms. The van der Waals surface area contributed by atoms with E-state index in [1.54, 1.807) is 6.08 Å². The fraction of sp³-hybridized carbons (Fsp3) is 0.312. The number of hydrogen-bond donors (Lipinski definition) is 1. The second kappa shape index (κ2) is 7.41. The molecular formula is C16H21NO2. The molecule has 0 bridgehead atoms. The Morgan fingerprint density at radius 2 is 2.21 bits per heavy atom. The van der Waals surface area contributed by atoms with E-state index in [1.807, 2.05) is 31.2 Å². The third-order valence-electron chi connectivity index (χ3n) is 2.82. The largest absolute Gasteiger partial charge is 0.478 e. The molecule has 0 radical (unpaired) electrons. The van der Waals surface area contributed by atoms with E-state index in [1.165, 1.54) is 5.69 Å². The van der Waals surface area contributed by atoms with Gasteiger partial charge in [0.25, 0.3) is 0 Å². The maximum Gasteiger partial charge on any atom is 0.328 e. The van der Waals surface area contributed by atoms with E-state index in [-0.39, 0.29) is 0 Å². The van der Waals surface area contributed by atoms with Gasteiger partial charge in [-0.2, -0.15) is 0 Å². The average molecular weight is 259 g/mol. The van der Waals surface area contributed by atoms with Crippen molar-refractivity contribution in [1.82, 2.24) is 0 Å². The molecule has 1 N–H and O–H groups in total. The highest BCUT2D eigenvalue weighted by atomic mass is 16.4. The summed E-state index contributed by atoms with van der Waals surface area (Å²) >= 11 is 0. The highest BCUT2D eigenvalue weighted by Crippen LogP contribution is 2.22. The fourth-order valence-corrected chi connectivity index (χ4v) is 2.04. The van der Waals surface area contributed by atoms with Crippen LogP contribution in [0.3, 0.4) is 0 Å². The number of anilines is 1. The average Bonchev–Trinajstić information content (AvgIpc) is 2.36. The normalized spacial score (nSPS) is 10.6. The van der Waals surface area contributed by atoms with E-state index < -0.39 is 5.97 Å². The molecule has 0 atom stereocenters. The predicted octanol–water partition coefficient (Wildman–Crippen LogP) is 3.50. The molecule has 0 aromatic heterocycles. The van der Waals surface area contributed by atoms with Crippen LogP contribution in [0.5, 0.6) is 0 Å². The third kappa shape index (κ3) is 4.62. The lowest BCUT2D eigenvalue weighted by molar-refractivity contribution is -0.131. The van der Waals surface area contributed by atoms with Crippen molar-refractivity contribution < 1.29 is 9.90 Å². The second-order valence-electron chi connectivity index (χ2n) is 4.45. The van der Waals surface area contributed by atoms with Crippen molar-refractivity contribution in [3.63, 3.8) is 0 Å². The first kappa shape index (κ1) is 15.0. The minimum atomic E-state index is -0.930. The molecule has 3 nitrogen and oxygen atoms in total. The van der Waals surface area contributed by atoms with E-state index in [2.05, 4.69) is 18.4 Å². The van der Waals surface area contributed by atoms with Gasteiger partial charge in [-0.15, -0.1) is 6.58 Å². The zero-order valence-electron chi connectivity index (χ0n) is 11.6. The summed E-state index contributed by atoms with van der Waals surface area (Å²) in [5.41, 5.74) is 3.22.